The summed E-state index contributed by atoms with van der Waals surface area (Å²) in [7, 11) is 3.73. The zero-order valence-electron chi connectivity index (χ0n) is 11.1. The lowest BCUT2D eigenvalue weighted by atomic mass is 10.2. The van der Waals surface area contributed by atoms with Gasteiger partial charge in [0.05, 0.1) is 18.1 Å². The van der Waals surface area contributed by atoms with Crippen molar-refractivity contribution in [3.05, 3.63) is 53.7 Å². The van der Waals surface area contributed by atoms with Crippen LogP contribution in [0.1, 0.15) is 11.3 Å². The SMILES string of the molecule is CNCc1cnc(N(C)Cc2ccccc2F)cn1. The number of hydrogen-bond donors (Lipinski definition) is 1. The minimum Gasteiger partial charge on any atom is -0.354 e. The van der Waals surface area contributed by atoms with Crippen LogP contribution in [0.25, 0.3) is 0 Å². The molecule has 0 bridgehead atoms. The van der Waals surface area contributed by atoms with Gasteiger partial charge in [-0.3, -0.25) is 4.98 Å². The van der Waals surface area contributed by atoms with Crippen LogP contribution in [0.15, 0.2) is 36.7 Å². The van der Waals surface area contributed by atoms with Crippen molar-refractivity contribution in [2.75, 3.05) is 19.0 Å². The largest absolute Gasteiger partial charge is 0.354 e. The minimum absolute atomic E-state index is 0.200. The predicted octanol–water partition coefficient (Wildman–Crippen LogP) is 1.97. The molecule has 0 amide bonds. The van der Waals surface area contributed by atoms with Crippen molar-refractivity contribution in [3.63, 3.8) is 0 Å². The van der Waals surface area contributed by atoms with Gasteiger partial charge in [-0.05, 0) is 13.1 Å². The van der Waals surface area contributed by atoms with Crippen LogP contribution in [0.5, 0.6) is 0 Å². The Balaban J connectivity index is 2.07. The van der Waals surface area contributed by atoms with E-state index in [1.807, 2.05) is 25.1 Å². The number of hydrogen-bond acceptors (Lipinski definition) is 4. The second-order valence-corrected chi connectivity index (χ2v) is 4.34. The lowest BCUT2D eigenvalue weighted by Crippen LogP contribution is -2.19. The highest BCUT2D eigenvalue weighted by molar-refractivity contribution is 5.36. The molecule has 2 rings (SSSR count). The normalized spacial score (nSPS) is 10.5. The Morgan fingerprint density at radius 2 is 2.00 bits per heavy atom. The molecule has 100 valence electrons. The molecule has 0 aliphatic rings. The first-order valence-electron chi connectivity index (χ1n) is 6.11. The number of rotatable bonds is 5. The molecular weight excluding hydrogens is 243 g/mol. The summed E-state index contributed by atoms with van der Waals surface area (Å²) >= 11 is 0. The number of benzene rings is 1. The summed E-state index contributed by atoms with van der Waals surface area (Å²) in [5.74, 6) is 0.525. The summed E-state index contributed by atoms with van der Waals surface area (Å²) in [5.41, 5.74) is 1.52. The molecule has 0 aliphatic carbocycles. The molecule has 0 spiro atoms. The van der Waals surface area contributed by atoms with Gasteiger partial charge in [0.2, 0.25) is 0 Å². The average molecular weight is 260 g/mol. The van der Waals surface area contributed by atoms with Gasteiger partial charge in [0.1, 0.15) is 11.6 Å². The van der Waals surface area contributed by atoms with Crippen molar-refractivity contribution >= 4 is 5.82 Å². The molecule has 5 heteroatoms. The van der Waals surface area contributed by atoms with E-state index in [1.165, 1.54) is 6.07 Å². The maximum Gasteiger partial charge on any atom is 0.147 e. The van der Waals surface area contributed by atoms with Crippen molar-refractivity contribution in [3.8, 4) is 0 Å². The van der Waals surface area contributed by atoms with E-state index in [-0.39, 0.29) is 5.82 Å². The second-order valence-electron chi connectivity index (χ2n) is 4.34. The Morgan fingerprint density at radius 3 is 2.63 bits per heavy atom. The quantitative estimate of drug-likeness (QED) is 0.892. The van der Waals surface area contributed by atoms with E-state index < -0.39 is 0 Å². The molecule has 1 aromatic heterocycles. The van der Waals surface area contributed by atoms with Gasteiger partial charge in [-0.1, -0.05) is 18.2 Å². The Kier molecular flexibility index (Phi) is 4.41. The van der Waals surface area contributed by atoms with Crippen molar-refractivity contribution in [2.24, 2.45) is 0 Å². The highest BCUT2D eigenvalue weighted by Crippen LogP contribution is 2.13. The number of anilines is 1. The smallest absolute Gasteiger partial charge is 0.147 e. The number of aromatic nitrogens is 2. The van der Waals surface area contributed by atoms with E-state index in [0.29, 0.717) is 18.7 Å². The van der Waals surface area contributed by atoms with E-state index in [2.05, 4.69) is 15.3 Å². The molecule has 0 atom stereocenters. The van der Waals surface area contributed by atoms with Crippen LogP contribution in [0.4, 0.5) is 10.2 Å². The van der Waals surface area contributed by atoms with Crippen LogP contribution in [0.3, 0.4) is 0 Å². The zero-order chi connectivity index (χ0) is 13.7. The first-order chi connectivity index (χ1) is 9.20. The zero-order valence-corrected chi connectivity index (χ0v) is 11.1. The van der Waals surface area contributed by atoms with Gasteiger partial charge in [0.15, 0.2) is 0 Å². The fourth-order valence-corrected chi connectivity index (χ4v) is 1.78. The van der Waals surface area contributed by atoms with Gasteiger partial charge in [0.25, 0.3) is 0 Å². The standard InChI is InChI=1S/C14H17FN4/c1-16-7-12-8-18-14(9-17-12)19(2)10-11-5-3-4-6-13(11)15/h3-6,8-9,16H,7,10H2,1-2H3. The van der Waals surface area contributed by atoms with Crippen LogP contribution in [-0.4, -0.2) is 24.1 Å². The van der Waals surface area contributed by atoms with Crippen molar-refractivity contribution in [1.29, 1.82) is 0 Å². The third kappa shape index (κ3) is 3.48. The van der Waals surface area contributed by atoms with Crippen molar-refractivity contribution < 1.29 is 4.39 Å². The summed E-state index contributed by atoms with van der Waals surface area (Å²) in [5, 5.41) is 3.01. The van der Waals surface area contributed by atoms with Crippen LogP contribution in [0, 0.1) is 5.82 Å². The molecule has 4 nitrogen and oxygen atoms in total. The number of halogens is 1. The summed E-state index contributed by atoms with van der Waals surface area (Å²) in [6.45, 7) is 1.15. The maximum atomic E-state index is 13.6. The van der Waals surface area contributed by atoms with Gasteiger partial charge in [-0.15, -0.1) is 0 Å². The first-order valence-corrected chi connectivity index (χ1v) is 6.11. The molecule has 1 N–H and O–H groups in total. The van der Waals surface area contributed by atoms with Crippen LogP contribution in [-0.2, 0) is 13.1 Å². The van der Waals surface area contributed by atoms with Gasteiger partial charge in [-0.25, -0.2) is 9.37 Å². The molecule has 0 radical (unpaired) electrons. The van der Waals surface area contributed by atoms with E-state index in [0.717, 1.165) is 11.5 Å². The molecule has 2 aromatic rings. The minimum atomic E-state index is -0.200. The highest BCUT2D eigenvalue weighted by Gasteiger charge is 2.07. The fourth-order valence-electron chi connectivity index (χ4n) is 1.78. The van der Waals surface area contributed by atoms with Gasteiger partial charge in [0, 0.05) is 25.7 Å². The fraction of sp³-hybridized carbons (Fsp3) is 0.286. The lowest BCUT2D eigenvalue weighted by molar-refractivity contribution is 0.607. The van der Waals surface area contributed by atoms with Crippen LogP contribution in [0.2, 0.25) is 0 Å². The Hall–Kier alpha value is -2.01. The van der Waals surface area contributed by atoms with E-state index in [9.17, 15) is 4.39 Å². The maximum absolute atomic E-state index is 13.6. The van der Waals surface area contributed by atoms with Crippen LogP contribution >= 0.6 is 0 Å². The molecule has 0 saturated carbocycles. The average Bonchev–Trinajstić information content (AvgIpc) is 2.42. The van der Waals surface area contributed by atoms with E-state index in [4.69, 9.17) is 0 Å². The molecule has 0 aliphatic heterocycles. The third-order valence-corrected chi connectivity index (χ3v) is 2.81. The number of nitrogens with one attached hydrogen (secondary N) is 1. The highest BCUT2D eigenvalue weighted by atomic mass is 19.1. The van der Waals surface area contributed by atoms with Crippen LogP contribution < -0.4 is 10.2 Å². The van der Waals surface area contributed by atoms with Gasteiger partial charge < -0.3 is 10.2 Å². The molecule has 19 heavy (non-hydrogen) atoms. The predicted molar refractivity (Wildman–Crippen MR) is 73.3 cm³/mol. The summed E-state index contributed by atoms with van der Waals surface area (Å²) in [6, 6.07) is 6.75. The Bertz CT molecular complexity index is 527. The topological polar surface area (TPSA) is 41.1 Å². The first kappa shape index (κ1) is 13.4. The molecule has 0 saturated heterocycles. The molecule has 1 aromatic carbocycles. The number of nitrogens with zero attached hydrogens (tertiary/aromatic N) is 3. The van der Waals surface area contributed by atoms with Gasteiger partial charge >= 0.3 is 0 Å². The second kappa shape index (κ2) is 6.24. The molecule has 0 fully saturated rings. The summed E-state index contributed by atoms with van der Waals surface area (Å²) < 4.78 is 13.6. The third-order valence-electron chi connectivity index (χ3n) is 2.81. The van der Waals surface area contributed by atoms with E-state index >= 15 is 0 Å². The van der Waals surface area contributed by atoms with E-state index in [1.54, 1.807) is 24.5 Å². The van der Waals surface area contributed by atoms with Crippen molar-refractivity contribution in [1.82, 2.24) is 15.3 Å². The summed E-state index contributed by atoms with van der Waals surface area (Å²) in [6.07, 6.45) is 3.43. The Morgan fingerprint density at radius 1 is 1.21 bits per heavy atom. The summed E-state index contributed by atoms with van der Waals surface area (Å²) in [4.78, 5) is 10.5. The van der Waals surface area contributed by atoms with Crippen molar-refractivity contribution in [2.45, 2.75) is 13.1 Å². The Labute approximate surface area is 112 Å². The lowest BCUT2D eigenvalue weighted by Gasteiger charge is -2.18. The van der Waals surface area contributed by atoms with Gasteiger partial charge in [-0.2, -0.15) is 0 Å². The molecular formula is C14H17FN4. The molecule has 1 heterocycles. The monoisotopic (exact) mass is 260 g/mol. The molecule has 0 unspecified atom stereocenters.